The van der Waals surface area contributed by atoms with E-state index in [-0.39, 0.29) is 25.1 Å². The number of aliphatic hydroxyl groups excluding tert-OH is 1. The lowest BCUT2D eigenvalue weighted by atomic mass is 9.94. The lowest BCUT2D eigenvalue weighted by Crippen LogP contribution is -2.35. The highest BCUT2D eigenvalue weighted by Crippen LogP contribution is 2.39. The van der Waals surface area contributed by atoms with Crippen LogP contribution in [0.5, 0.6) is 5.75 Å². The number of amides is 1. The zero-order chi connectivity index (χ0) is 34.8. The maximum absolute atomic E-state index is 11.4. The minimum absolute atomic E-state index is 0.0409. The largest absolute Gasteiger partial charge is 0.482 e. The quantitative estimate of drug-likeness (QED) is 0.0534. The third-order valence-corrected chi connectivity index (χ3v) is 9.02. The Bertz CT molecular complexity index is 1800. The van der Waals surface area contributed by atoms with Crippen molar-refractivity contribution in [2.75, 3.05) is 31.6 Å². The normalized spacial score (nSPS) is 14.0. The molecule has 0 aliphatic carbocycles. The summed E-state index contributed by atoms with van der Waals surface area (Å²) in [6.45, 7) is 1.86. The molecular weight excluding hydrogens is 665 g/mol. The molecule has 4 aromatic rings. The Morgan fingerprint density at radius 2 is 1.71 bits per heavy atom. The first-order valence-electron chi connectivity index (χ1n) is 16.0. The standard InChI is InChI=1S/C37H39Cl2N5O5/c38-32-15-26(19-41-13-14-45)34(49-22-36(47)48)16-25(32)20-43-33-6-2-4-29(31(33)17-40)30-5-1-3-28(37(30)39)24-9-7-23(8-10-24)18-42-21-27-11-12-35(46)44-27/h1-10,15-17,27,40-43,45H,11-14,18-22H2,(H,44,46)(H,47,48). The number of carboxylic acid groups (broad SMARTS) is 1. The second-order valence-electron chi connectivity index (χ2n) is 11.7. The second kappa shape index (κ2) is 17.3. The smallest absolute Gasteiger partial charge is 0.341 e. The molecule has 1 saturated heterocycles. The number of hydrogen-bond acceptors (Lipinski definition) is 8. The first-order valence-corrected chi connectivity index (χ1v) is 16.8. The lowest BCUT2D eigenvalue weighted by molar-refractivity contribution is -0.139. The van der Waals surface area contributed by atoms with E-state index in [0.29, 0.717) is 64.2 Å². The zero-order valence-corrected chi connectivity index (χ0v) is 28.3. The van der Waals surface area contributed by atoms with Gasteiger partial charge in [-0.05, 0) is 46.9 Å². The monoisotopic (exact) mass is 703 g/mol. The van der Waals surface area contributed by atoms with Crippen LogP contribution in [-0.2, 0) is 29.2 Å². The van der Waals surface area contributed by atoms with Crippen LogP contribution < -0.4 is 26.0 Å². The highest BCUT2D eigenvalue weighted by atomic mass is 35.5. The summed E-state index contributed by atoms with van der Waals surface area (Å²) in [4.78, 5) is 22.6. The van der Waals surface area contributed by atoms with Crippen molar-refractivity contribution in [1.82, 2.24) is 16.0 Å². The Balaban J connectivity index is 1.32. The number of carbonyl (C=O) groups excluding carboxylic acids is 1. The molecule has 5 rings (SSSR count). The molecule has 1 unspecified atom stereocenters. The van der Waals surface area contributed by atoms with Gasteiger partial charge in [0.25, 0.3) is 0 Å². The molecule has 256 valence electrons. The average Bonchev–Trinajstić information content (AvgIpc) is 3.52. The number of rotatable bonds is 17. The van der Waals surface area contributed by atoms with Crippen molar-refractivity contribution >= 4 is 47.0 Å². The fourth-order valence-corrected chi connectivity index (χ4v) is 6.36. The van der Waals surface area contributed by atoms with Crippen LogP contribution in [0.2, 0.25) is 10.0 Å². The number of hydrogen-bond donors (Lipinski definition) is 7. The van der Waals surface area contributed by atoms with Crippen molar-refractivity contribution in [1.29, 1.82) is 5.41 Å². The summed E-state index contributed by atoms with van der Waals surface area (Å²) < 4.78 is 5.55. The van der Waals surface area contributed by atoms with E-state index in [1.807, 2.05) is 48.5 Å². The van der Waals surface area contributed by atoms with Gasteiger partial charge in [-0.15, -0.1) is 0 Å². The number of anilines is 1. The molecule has 1 atom stereocenters. The molecule has 0 aromatic heterocycles. The molecule has 0 saturated carbocycles. The van der Waals surface area contributed by atoms with E-state index in [1.165, 1.54) is 6.21 Å². The van der Waals surface area contributed by atoms with Crippen LogP contribution in [-0.4, -0.2) is 60.6 Å². The van der Waals surface area contributed by atoms with E-state index in [0.717, 1.165) is 40.8 Å². The molecule has 10 nitrogen and oxygen atoms in total. The Morgan fingerprint density at radius 3 is 2.43 bits per heavy atom. The third-order valence-electron chi connectivity index (χ3n) is 8.26. The van der Waals surface area contributed by atoms with Crippen LogP contribution in [0.25, 0.3) is 22.3 Å². The molecule has 0 bridgehead atoms. The first-order chi connectivity index (χ1) is 23.8. The van der Waals surface area contributed by atoms with Crippen LogP contribution in [0.3, 0.4) is 0 Å². The Kier molecular flexibility index (Phi) is 12.6. The van der Waals surface area contributed by atoms with Crippen LogP contribution in [0.4, 0.5) is 5.69 Å². The number of carboxylic acids is 1. The average molecular weight is 705 g/mol. The summed E-state index contributed by atoms with van der Waals surface area (Å²) in [5, 5.41) is 40.4. The molecule has 0 spiro atoms. The summed E-state index contributed by atoms with van der Waals surface area (Å²) >= 11 is 13.7. The van der Waals surface area contributed by atoms with Gasteiger partial charge < -0.3 is 41.6 Å². The highest BCUT2D eigenvalue weighted by molar-refractivity contribution is 6.36. The number of nitrogens with one attached hydrogen (secondary N) is 5. The van der Waals surface area contributed by atoms with Gasteiger partial charge in [0.2, 0.25) is 5.91 Å². The van der Waals surface area contributed by atoms with Gasteiger partial charge in [-0.1, -0.05) is 77.8 Å². The Morgan fingerprint density at radius 1 is 0.959 bits per heavy atom. The SMILES string of the molecule is N=Cc1c(NCc2cc(OCC(=O)O)c(CNCCO)cc2Cl)cccc1-c1cccc(-c2ccc(CNCC3CCC(=O)N3)cc2)c1Cl. The maximum atomic E-state index is 11.4. The molecule has 1 aliphatic rings. The summed E-state index contributed by atoms with van der Waals surface area (Å²) in [6, 6.07) is 23.4. The summed E-state index contributed by atoms with van der Waals surface area (Å²) in [6.07, 6.45) is 2.74. The highest BCUT2D eigenvalue weighted by Gasteiger charge is 2.20. The molecule has 7 N–H and O–H groups in total. The zero-order valence-electron chi connectivity index (χ0n) is 26.8. The van der Waals surface area contributed by atoms with Crippen molar-refractivity contribution in [2.24, 2.45) is 0 Å². The van der Waals surface area contributed by atoms with Crippen LogP contribution in [0.1, 0.15) is 35.1 Å². The van der Waals surface area contributed by atoms with Gasteiger partial charge in [0.1, 0.15) is 5.75 Å². The molecule has 49 heavy (non-hydrogen) atoms. The van der Waals surface area contributed by atoms with Crippen LogP contribution in [0.15, 0.2) is 72.8 Å². The number of ether oxygens (including phenoxy) is 1. The van der Waals surface area contributed by atoms with E-state index < -0.39 is 12.6 Å². The predicted molar refractivity (Wildman–Crippen MR) is 194 cm³/mol. The van der Waals surface area contributed by atoms with Gasteiger partial charge >= 0.3 is 5.97 Å². The minimum atomic E-state index is -1.10. The van der Waals surface area contributed by atoms with E-state index in [4.69, 9.17) is 43.6 Å². The van der Waals surface area contributed by atoms with E-state index in [2.05, 4.69) is 33.4 Å². The van der Waals surface area contributed by atoms with Gasteiger partial charge in [-0.2, -0.15) is 0 Å². The fraction of sp³-hybridized carbons (Fsp3) is 0.270. The van der Waals surface area contributed by atoms with Crippen molar-refractivity contribution in [3.05, 3.63) is 105 Å². The van der Waals surface area contributed by atoms with E-state index >= 15 is 0 Å². The van der Waals surface area contributed by atoms with Gasteiger partial charge in [0.05, 0.1) is 11.6 Å². The number of carbonyl (C=O) groups is 2. The van der Waals surface area contributed by atoms with Crippen molar-refractivity contribution in [2.45, 2.75) is 38.5 Å². The van der Waals surface area contributed by atoms with E-state index in [1.54, 1.807) is 12.1 Å². The van der Waals surface area contributed by atoms with Gasteiger partial charge in [0.15, 0.2) is 6.61 Å². The molecule has 4 aromatic carbocycles. The summed E-state index contributed by atoms with van der Waals surface area (Å²) in [5.74, 6) is -0.610. The number of halogens is 2. The lowest BCUT2D eigenvalue weighted by Gasteiger charge is -2.18. The molecule has 1 amide bonds. The van der Waals surface area contributed by atoms with Crippen molar-refractivity contribution in [3.63, 3.8) is 0 Å². The van der Waals surface area contributed by atoms with Gasteiger partial charge in [-0.25, -0.2) is 4.79 Å². The molecule has 0 radical (unpaired) electrons. The van der Waals surface area contributed by atoms with Crippen LogP contribution >= 0.6 is 23.2 Å². The number of aliphatic hydroxyl groups is 1. The molecule has 1 fully saturated rings. The molecule has 1 aliphatic heterocycles. The van der Waals surface area contributed by atoms with Crippen molar-refractivity contribution in [3.8, 4) is 28.0 Å². The minimum Gasteiger partial charge on any atom is -0.482 e. The molecule has 1 heterocycles. The first kappa shape index (κ1) is 35.8. The van der Waals surface area contributed by atoms with Gasteiger partial charge in [0, 0.05) is 84.4 Å². The molecular formula is C37H39Cl2N5O5. The van der Waals surface area contributed by atoms with Gasteiger partial charge in [-0.3, -0.25) is 4.79 Å². The Labute approximate surface area is 295 Å². The molecule has 12 heteroatoms. The fourth-order valence-electron chi connectivity index (χ4n) is 5.77. The topological polar surface area (TPSA) is 156 Å². The maximum Gasteiger partial charge on any atom is 0.341 e. The number of benzene rings is 4. The predicted octanol–water partition coefficient (Wildman–Crippen LogP) is 5.85. The van der Waals surface area contributed by atoms with E-state index in [9.17, 15) is 9.59 Å². The third kappa shape index (κ3) is 9.38. The second-order valence-corrected chi connectivity index (χ2v) is 12.5. The Hall–Kier alpha value is -4.45. The van der Waals surface area contributed by atoms with Crippen molar-refractivity contribution < 1.29 is 24.5 Å². The number of aliphatic carboxylic acids is 1. The summed E-state index contributed by atoms with van der Waals surface area (Å²) in [7, 11) is 0. The summed E-state index contributed by atoms with van der Waals surface area (Å²) in [5.41, 5.74) is 7.22. The van der Waals surface area contributed by atoms with Crippen LogP contribution in [0, 0.1) is 5.41 Å².